The average molecular weight is 384 g/mol. The summed E-state index contributed by atoms with van der Waals surface area (Å²) >= 11 is 0. The zero-order valence-electron chi connectivity index (χ0n) is 15.6. The number of sulfonamides is 1. The van der Waals surface area contributed by atoms with Gasteiger partial charge in [-0.3, -0.25) is 4.90 Å². The van der Waals surface area contributed by atoms with E-state index in [1.807, 2.05) is 20.8 Å². The van der Waals surface area contributed by atoms with E-state index < -0.39 is 15.8 Å². The predicted molar refractivity (Wildman–Crippen MR) is 97.3 cm³/mol. The molecule has 0 amide bonds. The molecule has 8 heteroatoms. The zero-order valence-corrected chi connectivity index (χ0v) is 16.4. The Labute approximate surface area is 155 Å². The SMILES string of the molecule is CC1CN(CCNS(=O)(=O)c2ccc(C3(C)OCCO3)cc2)CC(C)O1. The van der Waals surface area contributed by atoms with E-state index in [1.165, 1.54) is 0 Å². The van der Waals surface area contributed by atoms with Gasteiger partial charge in [0, 0.05) is 31.7 Å². The Morgan fingerprint density at radius 1 is 1.12 bits per heavy atom. The molecular formula is C18H28N2O5S. The molecule has 1 aromatic carbocycles. The van der Waals surface area contributed by atoms with Crippen molar-refractivity contribution < 1.29 is 22.6 Å². The largest absolute Gasteiger partial charge is 0.373 e. The Bertz CT molecular complexity index is 691. The Hall–Kier alpha value is -1.03. The first-order valence-electron chi connectivity index (χ1n) is 9.04. The van der Waals surface area contributed by atoms with Crippen LogP contribution in [-0.2, 0) is 30.0 Å². The van der Waals surface area contributed by atoms with Crippen LogP contribution in [0.2, 0.25) is 0 Å². The molecule has 2 aliphatic rings. The van der Waals surface area contributed by atoms with Crippen molar-refractivity contribution in [2.24, 2.45) is 0 Å². The lowest BCUT2D eigenvalue weighted by atomic mass is 10.1. The summed E-state index contributed by atoms with van der Waals surface area (Å²) in [7, 11) is -3.54. The van der Waals surface area contributed by atoms with Gasteiger partial charge in [0.1, 0.15) is 0 Å². The normalized spacial score (nSPS) is 26.9. The Morgan fingerprint density at radius 2 is 1.69 bits per heavy atom. The minimum Gasteiger partial charge on any atom is -0.373 e. The molecule has 1 N–H and O–H groups in total. The van der Waals surface area contributed by atoms with Crippen LogP contribution in [0.4, 0.5) is 0 Å². The van der Waals surface area contributed by atoms with Gasteiger partial charge in [-0.25, -0.2) is 13.1 Å². The first kappa shape index (κ1) is 19.7. The Kier molecular flexibility index (Phi) is 6.01. The molecule has 2 heterocycles. The number of ether oxygens (including phenoxy) is 3. The monoisotopic (exact) mass is 384 g/mol. The summed E-state index contributed by atoms with van der Waals surface area (Å²) in [6.45, 7) is 9.65. The molecule has 0 saturated carbocycles. The summed E-state index contributed by atoms with van der Waals surface area (Å²) in [5.74, 6) is -0.792. The van der Waals surface area contributed by atoms with Crippen LogP contribution in [0.15, 0.2) is 29.2 Å². The van der Waals surface area contributed by atoms with E-state index in [4.69, 9.17) is 14.2 Å². The maximum absolute atomic E-state index is 12.5. The molecule has 0 aromatic heterocycles. The summed E-state index contributed by atoms with van der Waals surface area (Å²) in [6, 6.07) is 6.66. The highest BCUT2D eigenvalue weighted by Crippen LogP contribution is 2.31. The fourth-order valence-electron chi connectivity index (χ4n) is 3.51. The summed E-state index contributed by atoms with van der Waals surface area (Å²) < 4.78 is 44.6. The summed E-state index contributed by atoms with van der Waals surface area (Å²) in [5.41, 5.74) is 0.810. The van der Waals surface area contributed by atoms with Gasteiger partial charge in [0.25, 0.3) is 0 Å². The molecule has 2 atom stereocenters. The second-order valence-electron chi connectivity index (χ2n) is 7.08. The van der Waals surface area contributed by atoms with Crippen LogP contribution in [0.25, 0.3) is 0 Å². The van der Waals surface area contributed by atoms with Gasteiger partial charge >= 0.3 is 0 Å². The van der Waals surface area contributed by atoms with Gasteiger partial charge in [0.15, 0.2) is 5.79 Å². The van der Waals surface area contributed by atoms with Gasteiger partial charge < -0.3 is 14.2 Å². The standard InChI is InChI=1S/C18H28N2O5S/c1-14-12-20(13-15(2)25-14)9-8-19-26(21,22)17-6-4-16(5-7-17)18(3)23-10-11-24-18/h4-7,14-15,19H,8-13H2,1-3H3. The number of hydrogen-bond acceptors (Lipinski definition) is 6. The van der Waals surface area contributed by atoms with Crippen molar-refractivity contribution in [2.75, 3.05) is 39.4 Å². The van der Waals surface area contributed by atoms with Crippen molar-refractivity contribution >= 4 is 10.0 Å². The average Bonchev–Trinajstić information content (AvgIpc) is 3.02. The molecule has 0 bridgehead atoms. The smallest absolute Gasteiger partial charge is 0.240 e. The maximum atomic E-state index is 12.5. The molecule has 26 heavy (non-hydrogen) atoms. The Balaban J connectivity index is 1.56. The van der Waals surface area contributed by atoms with Gasteiger partial charge in [-0.1, -0.05) is 12.1 Å². The lowest BCUT2D eigenvalue weighted by molar-refractivity contribution is -0.149. The number of nitrogens with one attached hydrogen (secondary N) is 1. The van der Waals surface area contributed by atoms with Crippen LogP contribution in [0.5, 0.6) is 0 Å². The van der Waals surface area contributed by atoms with Gasteiger partial charge in [-0.05, 0) is 32.9 Å². The van der Waals surface area contributed by atoms with E-state index in [-0.39, 0.29) is 17.1 Å². The van der Waals surface area contributed by atoms with Crippen molar-refractivity contribution in [2.45, 2.75) is 43.7 Å². The van der Waals surface area contributed by atoms with Gasteiger partial charge in [-0.15, -0.1) is 0 Å². The highest BCUT2D eigenvalue weighted by atomic mass is 32.2. The predicted octanol–water partition coefficient (Wildman–Crippen LogP) is 1.29. The molecule has 0 radical (unpaired) electrons. The fourth-order valence-corrected chi connectivity index (χ4v) is 4.53. The van der Waals surface area contributed by atoms with Crippen LogP contribution >= 0.6 is 0 Å². The molecular weight excluding hydrogens is 356 g/mol. The first-order valence-corrected chi connectivity index (χ1v) is 10.5. The van der Waals surface area contributed by atoms with Crippen molar-refractivity contribution in [3.63, 3.8) is 0 Å². The molecule has 2 fully saturated rings. The molecule has 7 nitrogen and oxygen atoms in total. The van der Waals surface area contributed by atoms with E-state index in [9.17, 15) is 8.42 Å². The molecule has 0 spiro atoms. The summed E-state index contributed by atoms with van der Waals surface area (Å²) in [4.78, 5) is 2.46. The lowest BCUT2D eigenvalue weighted by Gasteiger charge is -2.35. The fraction of sp³-hybridized carbons (Fsp3) is 0.667. The number of rotatable bonds is 6. The second-order valence-corrected chi connectivity index (χ2v) is 8.85. The molecule has 146 valence electrons. The molecule has 3 rings (SSSR count). The third-order valence-corrected chi connectivity index (χ3v) is 6.22. The van der Waals surface area contributed by atoms with E-state index >= 15 is 0 Å². The van der Waals surface area contributed by atoms with E-state index in [0.717, 1.165) is 18.7 Å². The molecule has 1 aromatic rings. The van der Waals surface area contributed by atoms with Crippen molar-refractivity contribution in [1.29, 1.82) is 0 Å². The topological polar surface area (TPSA) is 77.1 Å². The van der Waals surface area contributed by atoms with Crippen LogP contribution in [0.1, 0.15) is 26.3 Å². The van der Waals surface area contributed by atoms with Gasteiger partial charge in [0.2, 0.25) is 10.0 Å². The minimum absolute atomic E-state index is 0.171. The molecule has 2 saturated heterocycles. The number of nitrogens with zero attached hydrogens (tertiary/aromatic N) is 1. The third-order valence-electron chi connectivity index (χ3n) is 4.74. The summed E-state index contributed by atoms with van der Waals surface area (Å²) in [5, 5.41) is 0. The van der Waals surface area contributed by atoms with Crippen LogP contribution in [0.3, 0.4) is 0 Å². The first-order chi connectivity index (χ1) is 12.3. The number of hydrogen-bond donors (Lipinski definition) is 1. The zero-order chi connectivity index (χ0) is 18.8. The van der Waals surface area contributed by atoms with Crippen LogP contribution in [0, 0.1) is 0 Å². The van der Waals surface area contributed by atoms with Gasteiger partial charge in [-0.2, -0.15) is 0 Å². The lowest BCUT2D eigenvalue weighted by Crippen LogP contribution is -2.47. The van der Waals surface area contributed by atoms with E-state index in [0.29, 0.717) is 26.3 Å². The second kappa shape index (κ2) is 7.92. The minimum atomic E-state index is -3.54. The number of morpholine rings is 1. The Morgan fingerprint density at radius 3 is 2.27 bits per heavy atom. The van der Waals surface area contributed by atoms with E-state index in [1.54, 1.807) is 24.3 Å². The quantitative estimate of drug-likeness (QED) is 0.797. The van der Waals surface area contributed by atoms with Crippen molar-refractivity contribution in [1.82, 2.24) is 9.62 Å². The van der Waals surface area contributed by atoms with Crippen LogP contribution < -0.4 is 4.72 Å². The molecule has 0 aliphatic carbocycles. The number of benzene rings is 1. The van der Waals surface area contributed by atoms with Crippen LogP contribution in [-0.4, -0.2) is 64.9 Å². The molecule has 2 unspecified atom stereocenters. The van der Waals surface area contributed by atoms with Gasteiger partial charge in [0.05, 0.1) is 30.3 Å². The van der Waals surface area contributed by atoms with Crippen molar-refractivity contribution in [3.05, 3.63) is 29.8 Å². The highest BCUT2D eigenvalue weighted by Gasteiger charge is 2.33. The molecule has 2 aliphatic heterocycles. The highest BCUT2D eigenvalue weighted by molar-refractivity contribution is 7.89. The maximum Gasteiger partial charge on any atom is 0.240 e. The third kappa shape index (κ3) is 4.62. The van der Waals surface area contributed by atoms with E-state index in [2.05, 4.69) is 9.62 Å². The van der Waals surface area contributed by atoms with Crippen molar-refractivity contribution in [3.8, 4) is 0 Å². The summed E-state index contributed by atoms with van der Waals surface area (Å²) in [6.07, 6.45) is 0.341.